The second-order valence-corrected chi connectivity index (χ2v) is 5.28. The molecule has 17 heavy (non-hydrogen) atoms. The molecule has 1 aliphatic carbocycles. The summed E-state index contributed by atoms with van der Waals surface area (Å²) in [6, 6.07) is 0. The van der Waals surface area contributed by atoms with Gasteiger partial charge in [-0.3, -0.25) is 9.59 Å². The summed E-state index contributed by atoms with van der Waals surface area (Å²) in [5.74, 6) is -2.16. The summed E-state index contributed by atoms with van der Waals surface area (Å²) in [4.78, 5) is 22.9. The van der Waals surface area contributed by atoms with Crippen LogP contribution in [0.4, 0.5) is 5.13 Å². The Bertz CT molecular complexity index is 446. The van der Waals surface area contributed by atoms with Crippen molar-refractivity contribution in [2.75, 3.05) is 5.32 Å². The Kier molecular flexibility index (Phi) is 3.37. The molecule has 1 aliphatic rings. The topological polar surface area (TPSA) is 92.2 Å². The first-order chi connectivity index (χ1) is 8.08. The van der Waals surface area contributed by atoms with Crippen LogP contribution in [0, 0.1) is 18.8 Å². The van der Waals surface area contributed by atoms with Crippen molar-refractivity contribution in [3.05, 3.63) is 5.01 Å². The van der Waals surface area contributed by atoms with Crippen molar-refractivity contribution in [2.24, 2.45) is 11.8 Å². The van der Waals surface area contributed by atoms with Gasteiger partial charge >= 0.3 is 5.97 Å². The van der Waals surface area contributed by atoms with Crippen molar-refractivity contribution < 1.29 is 14.7 Å². The Morgan fingerprint density at radius 2 is 2.06 bits per heavy atom. The van der Waals surface area contributed by atoms with Crippen LogP contribution in [0.15, 0.2) is 0 Å². The number of hydrogen-bond donors (Lipinski definition) is 2. The van der Waals surface area contributed by atoms with Gasteiger partial charge < -0.3 is 10.4 Å². The molecule has 1 aromatic rings. The van der Waals surface area contributed by atoms with Gasteiger partial charge in [0.2, 0.25) is 11.0 Å². The molecule has 7 heteroatoms. The quantitative estimate of drug-likeness (QED) is 0.849. The van der Waals surface area contributed by atoms with Gasteiger partial charge in [0, 0.05) is 0 Å². The van der Waals surface area contributed by atoms with Gasteiger partial charge in [0.05, 0.1) is 11.8 Å². The third-order valence-corrected chi connectivity index (χ3v) is 3.68. The van der Waals surface area contributed by atoms with Crippen LogP contribution < -0.4 is 5.32 Å². The number of rotatable bonds is 3. The molecule has 1 fully saturated rings. The van der Waals surface area contributed by atoms with Gasteiger partial charge in [-0.15, -0.1) is 10.2 Å². The predicted octanol–water partition coefficient (Wildman–Crippen LogP) is 1.29. The third-order valence-electron chi connectivity index (χ3n) is 2.93. The number of nitrogens with one attached hydrogen (secondary N) is 1. The zero-order valence-corrected chi connectivity index (χ0v) is 10.2. The van der Waals surface area contributed by atoms with Gasteiger partial charge in [-0.2, -0.15) is 0 Å². The average molecular weight is 255 g/mol. The van der Waals surface area contributed by atoms with Crippen molar-refractivity contribution in [2.45, 2.75) is 26.2 Å². The van der Waals surface area contributed by atoms with Gasteiger partial charge in [0.15, 0.2) is 0 Å². The molecule has 1 amide bonds. The molecular formula is C10H13N3O3S. The molecule has 0 aliphatic heterocycles. The van der Waals surface area contributed by atoms with Crippen molar-refractivity contribution >= 4 is 28.3 Å². The Balaban J connectivity index is 2.02. The Morgan fingerprint density at radius 3 is 2.65 bits per heavy atom. The molecule has 0 spiro atoms. The first-order valence-corrected chi connectivity index (χ1v) is 6.23. The van der Waals surface area contributed by atoms with Crippen molar-refractivity contribution in [1.29, 1.82) is 0 Å². The number of aromatic nitrogens is 2. The third kappa shape index (κ3) is 2.60. The molecular weight excluding hydrogens is 242 g/mol. The zero-order chi connectivity index (χ0) is 12.4. The molecule has 2 unspecified atom stereocenters. The molecule has 0 radical (unpaired) electrons. The van der Waals surface area contributed by atoms with E-state index in [0.717, 1.165) is 11.4 Å². The molecule has 2 rings (SSSR count). The largest absolute Gasteiger partial charge is 0.481 e. The molecule has 6 nitrogen and oxygen atoms in total. The maximum Gasteiger partial charge on any atom is 0.307 e. The number of anilines is 1. The van der Waals surface area contributed by atoms with Crippen LogP contribution in [0.5, 0.6) is 0 Å². The number of carboxylic acid groups (broad SMARTS) is 1. The predicted molar refractivity (Wildman–Crippen MR) is 61.7 cm³/mol. The Hall–Kier alpha value is -1.50. The highest BCUT2D eigenvalue weighted by molar-refractivity contribution is 7.15. The van der Waals surface area contributed by atoms with Gasteiger partial charge in [-0.25, -0.2) is 0 Å². The van der Waals surface area contributed by atoms with Crippen LogP contribution in [0.25, 0.3) is 0 Å². The van der Waals surface area contributed by atoms with E-state index in [9.17, 15) is 9.59 Å². The summed E-state index contributed by atoms with van der Waals surface area (Å²) in [6.45, 7) is 1.79. The number of aliphatic carboxylic acids is 1. The van der Waals surface area contributed by atoms with E-state index in [2.05, 4.69) is 15.5 Å². The molecule has 0 saturated heterocycles. The van der Waals surface area contributed by atoms with Gasteiger partial charge in [-0.05, 0) is 19.8 Å². The highest BCUT2D eigenvalue weighted by Gasteiger charge is 2.37. The van der Waals surface area contributed by atoms with E-state index < -0.39 is 17.8 Å². The van der Waals surface area contributed by atoms with Crippen molar-refractivity contribution in [3.63, 3.8) is 0 Å². The fourth-order valence-corrected chi connectivity index (χ4v) is 2.71. The van der Waals surface area contributed by atoms with Crippen LogP contribution in [-0.4, -0.2) is 27.2 Å². The lowest BCUT2D eigenvalue weighted by atomic mass is 9.95. The van der Waals surface area contributed by atoms with E-state index >= 15 is 0 Å². The van der Waals surface area contributed by atoms with Crippen LogP contribution in [-0.2, 0) is 9.59 Å². The summed E-state index contributed by atoms with van der Waals surface area (Å²) in [5.41, 5.74) is 0. The fraction of sp³-hybridized carbons (Fsp3) is 0.600. The van der Waals surface area contributed by atoms with Crippen LogP contribution >= 0.6 is 11.3 Å². The first kappa shape index (κ1) is 12.0. The lowest BCUT2D eigenvalue weighted by Crippen LogP contribution is -2.29. The average Bonchev–Trinajstić information content (AvgIpc) is 2.86. The number of carbonyl (C=O) groups is 2. The number of aryl methyl sites for hydroxylation is 1. The standard InChI is InChI=1S/C10H13N3O3S/c1-5-12-13-10(17-5)11-8(14)6-3-2-4-7(6)9(15)16/h6-7H,2-4H2,1H3,(H,15,16)(H,11,13,14). The van der Waals surface area contributed by atoms with Gasteiger partial charge in [-0.1, -0.05) is 17.8 Å². The fourth-order valence-electron chi connectivity index (χ4n) is 2.11. The van der Waals surface area contributed by atoms with E-state index in [1.165, 1.54) is 11.3 Å². The molecule has 1 heterocycles. The lowest BCUT2D eigenvalue weighted by Gasteiger charge is -2.13. The molecule has 0 bridgehead atoms. The smallest absolute Gasteiger partial charge is 0.307 e. The van der Waals surface area contributed by atoms with E-state index in [1.54, 1.807) is 6.92 Å². The van der Waals surface area contributed by atoms with E-state index in [0.29, 0.717) is 18.0 Å². The molecule has 0 aromatic carbocycles. The van der Waals surface area contributed by atoms with E-state index in [1.807, 2.05) is 0 Å². The Labute approximate surface area is 102 Å². The number of nitrogens with zero attached hydrogens (tertiary/aromatic N) is 2. The maximum atomic E-state index is 11.9. The molecule has 2 N–H and O–H groups in total. The highest BCUT2D eigenvalue weighted by Crippen LogP contribution is 2.33. The molecule has 1 aromatic heterocycles. The second kappa shape index (κ2) is 4.79. The van der Waals surface area contributed by atoms with E-state index in [4.69, 9.17) is 5.11 Å². The lowest BCUT2D eigenvalue weighted by molar-refractivity contribution is -0.145. The monoisotopic (exact) mass is 255 g/mol. The zero-order valence-electron chi connectivity index (χ0n) is 9.34. The van der Waals surface area contributed by atoms with Gasteiger partial charge in [0.25, 0.3) is 0 Å². The minimum atomic E-state index is -0.893. The number of hydrogen-bond acceptors (Lipinski definition) is 5. The summed E-state index contributed by atoms with van der Waals surface area (Å²) in [7, 11) is 0. The summed E-state index contributed by atoms with van der Waals surface area (Å²) >= 11 is 1.28. The van der Waals surface area contributed by atoms with Crippen LogP contribution in [0.1, 0.15) is 24.3 Å². The second-order valence-electron chi connectivity index (χ2n) is 4.10. The number of carboxylic acids is 1. The SMILES string of the molecule is Cc1nnc(NC(=O)C2CCCC2C(=O)O)s1. The van der Waals surface area contributed by atoms with Crippen LogP contribution in [0.2, 0.25) is 0 Å². The normalized spacial score (nSPS) is 23.6. The van der Waals surface area contributed by atoms with E-state index in [-0.39, 0.29) is 5.91 Å². The summed E-state index contributed by atoms with van der Waals surface area (Å²) < 4.78 is 0. The minimum Gasteiger partial charge on any atom is -0.481 e. The van der Waals surface area contributed by atoms with Crippen molar-refractivity contribution in [1.82, 2.24) is 10.2 Å². The first-order valence-electron chi connectivity index (χ1n) is 5.41. The number of carbonyl (C=O) groups excluding carboxylic acids is 1. The van der Waals surface area contributed by atoms with Crippen LogP contribution in [0.3, 0.4) is 0 Å². The summed E-state index contributed by atoms with van der Waals surface area (Å²) in [5, 5.41) is 20.4. The number of amides is 1. The Morgan fingerprint density at radius 1 is 1.35 bits per heavy atom. The molecule has 1 saturated carbocycles. The molecule has 2 atom stereocenters. The minimum absolute atomic E-state index is 0.258. The molecule has 92 valence electrons. The van der Waals surface area contributed by atoms with Crippen molar-refractivity contribution in [3.8, 4) is 0 Å². The summed E-state index contributed by atoms with van der Waals surface area (Å²) in [6.07, 6.45) is 1.98. The van der Waals surface area contributed by atoms with Gasteiger partial charge in [0.1, 0.15) is 5.01 Å². The maximum absolute atomic E-state index is 11.9. The highest BCUT2D eigenvalue weighted by atomic mass is 32.1.